The lowest BCUT2D eigenvalue weighted by Crippen LogP contribution is -2.45. The Hall–Kier alpha value is -0.0800. The van der Waals surface area contributed by atoms with Crippen LogP contribution >= 0.6 is 0 Å². The average molecular weight is 154 g/mol. The van der Waals surface area contributed by atoms with E-state index >= 15 is 0 Å². The van der Waals surface area contributed by atoms with Gasteiger partial charge in [0, 0.05) is 11.6 Å². The number of nitrogens with one attached hydrogen (secondary N) is 1. The highest BCUT2D eigenvalue weighted by Gasteiger charge is 2.36. The second-order valence-electron chi connectivity index (χ2n) is 4.15. The minimum absolute atomic E-state index is 0.489. The summed E-state index contributed by atoms with van der Waals surface area (Å²) in [5, 5.41) is 3.64. The summed E-state index contributed by atoms with van der Waals surface area (Å²) >= 11 is 0. The summed E-state index contributed by atoms with van der Waals surface area (Å²) < 4.78 is 0. The first-order valence-electron chi connectivity index (χ1n) is 4.81. The van der Waals surface area contributed by atoms with Gasteiger partial charge in [0.25, 0.3) is 0 Å². The molecule has 0 radical (unpaired) electrons. The van der Waals surface area contributed by atoms with E-state index in [4.69, 9.17) is 5.73 Å². The number of hydrogen-bond acceptors (Lipinski definition) is 2. The molecule has 1 aliphatic heterocycles. The third-order valence-electron chi connectivity index (χ3n) is 3.32. The Morgan fingerprint density at radius 2 is 1.91 bits per heavy atom. The van der Waals surface area contributed by atoms with Crippen molar-refractivity contribution in [2.45, 2.75) is 50.1 Å². The molecule has 0 aromatic heterocycles. The molecule has 2 rings (SSSR count). The predicted molar refractivity (Wildman–Crippen MR) is 46.4 cm³/mol. The van der Waals surface area contributed by atoms with Crippen molar-refractivity contribution in [2.75, 3.05) is 6.54 Å². The van der Waals surface area contributed by atoms with E-state index in [-0.39, 0.29) is 0 Å². The molecule has 2 fully saturated rings. The smallest absolute Gasteiger partial charge is 0.0183 e. The first kappa shape index (κ1) is 7.56. The van der Waals surface area contributed by atoms with Gasteiger partial charge in [-0.05, 0) is 45.1 Å². The molecule has 1 heterocycles. The van der Waals surface area contributed by atoms with E-state index in [1.54, 1.807) is 0 Å². The summed E-state index contributed by atoms with van der Waals surface area (Å²) in [5.41, 5.74) is 6.38. The summed E-state index contributed by atoms with van der Waals surface area (Å²) in [6, 6.07) is 0.489. The average Bonchev–Trinajstić information content (AvgIpc) is 2.45. The Bertz CT molecular complexity index is 128. The molecule has 11 heavy (non-hydrogen) atoms. The lowest BCUT2D eigenvalue weighted by Gasteiger charge is -2.36. The van der Waals surface area contributed by atoms with Crippen molar-refractivity contribution >= 4 is 0 Å². The maximum absolute atomic E-state index is 5.86. The minimum atomic E-state index is 0.489. The van der Waals surface area contributed by atoms with Crippen LogP contribution in [0.3, 0.4) is 0 Å². The van der Waals surface area contributed by atoms with Crippen LogP contribution in [0, 0.1) is 0 Å². The zero-order chi connectivity index (χ0) is 7.73. The van der Waals surface area contributed by atoms with Gasteiger partial charge in [0.05, 0.1) is 0 Å². The molecular weight excluding hydrogens is 136 g/mol. The third-order valence-corrected chi connectivity index (χ3v) is 3.32. The van der Waals surface area contributed by atoms with E-state index in [0.717, 1.165) is 0 Å². The van der Waals surface area contributed by atoms with Gasteiger partial charge >= 0.3 is 0 Å². The first-order chi connectivity index (χ1) is 5.31. The Labute approximate surface area is 68.5 Å². The standard InChI is InChI=1S/C9H18N2/c10-8-2-5-9(6-3-8)4-1-7-11-9/h8,11H,1-7,10H2. The largest absolute Gasteiger partial charge is 0.328 e. The van der Waals surface area contributed by atoms with Crippen LogP contribution < -0.4 is 11.1 Å². The van der Waals surface area contributed by atoms with E-state index in [9.17, 15) is 0 Å². The summed E-state index contributed by atoms with van der Waals surface area (Å²) in [5.74, 6) is 0. The monoisotopic (exact) mass is 154 g/mol. The summed E-state index contributed by atoms with van der Waals surface area (Å²) in [7, 11) is 0. The molecule has 2 aliphatic rings. The number of hydrogen-bond donors (Lipinski definition) is 2. The maximum atomic E-state index is 5.86. The highest BCUT2D eigenvalue weighted by Crippen LogP contribution is 2.34. The summed E-state index contributed by atoms with van der Waals surface area (Å²) in [6.45, 7) is 1.23. The lowest BCUT2D eigenvalue weighted by molar-refractivity contribution is 0.245. The van der Waals surface area contributed by atoms with Crippen LogP contribution in [0.25, 0.3) is 0 Å². The van der Waals surface area contributed by atoms with Crippen molar-refractivity contribution < 1.29 is 0 Å². The number of rotatable bonds is 0. The van der Waals surface area contributed by atoms with Crippen LogP contribution in [0.2, 0.25) is 0 Å². The van der Waals surface area contributed by atoms with E-state index in [1.165, 1.54) is 45.1 Å². The van der Waals surface area contributed by atoms with Gasteiger partial charge in [-0.15, -0.1) is 0 Å². The Balaban J connectivity index is 1.94. The van der Waals surface area contributed by atoms with Gasteiger partial charge < -0.3 is 11.1 Å². The molecule has 2 nitrogen and oxygen atoms in total. The minimum Gasteiger partial charge on any atom is -0.328 e. The van der Waals surface area contributed by atoms with Gasteiger partial charge in [-0.1, -0.05) is 0 Å². The second kappa shape index (κ2) is 2.76. The van der Waals surface area contributed by atoms with Crippen molar-refractivity contribution in [1.82, 2.24) is 5.32 Å². The maximum Gasteiger partial charge on any atom is 0.0183 e. The molecule has 0 bridgehead atoms. The van der Waals surface area contributed by atoms with Gasteiger partial charge in [-0.25, -0.2) is 0 Å². The highest BCUT2D eigenvalue weighted by atomic mass is 15.0. The van der Waals surface area contributed by atoms with E-state index in [0.29, 0.717) is 11.6 Å². The Kier molecular flexibility index (Phi) is 1.90. The Morgan fingerprint density at radius 3 is 2.45 bits per heavy atom. The van der Waals surface area contributed by atoms with Gasteiger partial charge in [0.15, 0.2) is 0 Å². The molecule has 1 saturated heterocycles. The number of nitrogens with two attached hydrogens (primary N) is 1. The van der Waals surface area contributed by atoms with E-state index < -0.39 is 0 Å². The lowest BCUT2D eigenvalue weighted by atomic mass is 9.79. The fourth-order valence-electron chi connectivity index (χ4n) is 2.49. The van der Waals surface area contributed by atoms with Crippen molar-refractivity contribution in [3.8, 4) is 0 Å². The van der Waals surface area contributed by atoms with Gasteiger partial charge in [0.2, 0.25) is 0 Å². The highest BCUT2D eigenvalue weighted by molar-refractivity contribution is 4.97. The fourth-order valence-corrected chi connectivity index (χ4v) is 2.49. The second-order valence-corrected chi connectivity index (χ2v) is 4.15. The van der Waals surface area contributed by atoms with Gasteiger partial charge in [-0.2, -0.15) is 0 Å². The van der Waals surface area contributed by atoms with Crippen molar-refractivity contribution in [1.29, 1.82) is 0 Å². The first-order valence-corrected chi connectivity index (χ1v) is 4.81. The SMILES string of the molecule is NC1CCC2(CCCN2)CC1. The van der Waals surface area contributed by atoms with Crippen LogP contribution in [0.5, 0.6) is 0 Å². The van der Waals surface area contributed by atoms with Crippen LogP contribution in [-0.4, -0.2) is 18.1 Å². The molecule has 64 valence electrons. The van der Waals surface area contributed by atoms with Crippen LogP contribution in [0.4, 0.5) is 0 Å². The molecule has 0 aromatic rings. The molecule has 3 N–H and O–H groups in total. The zero-order valence-electron chi connectivity index (χ0n) is 7.10. The van der Waals surface area contributed by atoms with Crippen LogP contribution in [0.15, 0.2) is 0 Å². The predicted octanol–water partition coefficient (Wildman–Crippen LogP) is 1.01. The molecule has 0 aromatic carbocycles. The van der Waals surface area contributed by atoms with E-state index in [2.05, 4.69) is 5.32 Å². The molecule has 0 unspecified atom stereocenters. The van der Waals surface area contributed by atoms with E-state index in [1.807, 2.05) is 0 Å². The molecular formula is C9H18N2. The normalized spacial score (nSPS) is 45.0. The van der Waals surface area contributed by atoms with Crippen LogP contribution in [0.1, 0.15) is 38.5 Å². The Morgan fingerprint density at radius 1 is 1.18 bits per heavy atom. The third kappa shape index (κ3) is 1.42. The molecule has 1 spiro atoms. The summed E-state index contributed by atoms with van der Waals surface area (Å²) in [4.78, 5) is 0. The molecule has 0 atom stereocenters. The van der Waals surface area contributed by atoms with Crippen molar-refractivity contribution in [3.63, 3.8) is 0 Å². The van der Waals surface area contributed by atoms with Gasteiger partial charge in [0.1, 0.15) is 0 Å². The zero-order valence-corrected chi connectivity index (χ0v) is 7.10. The molecule has 1 aliphatic carbocycles. The molecule has 2 heteroatoms. The fraction of sp³-hybridized carbons (Fsp3) is 1.00. The summed E-state index contributed by atoms with van der Waals surface area (Å²) in [6.07, 6.45) is 7.84. The van der Waals surface area contributed by atoms with Crippen LogP contribution in [-0.2, 0) is 0 Å². The molecule has 0 amide bonds. The van der Waals surface area contributed by atoms with Crippen molar-refractivity contribution in [3.05, 3.63) is 0 Å². The van der Waals surface area contributed by atoms with Crippen molar-refractivity contribution in [2.24, 2.45) is 5.73 Å². The topological polar surface area (TPSA) is 38.0 Å². The quantitative estimate of drug-likeness (QED) is 0.546. The molecule has 1 saturated carbocycles. The van der Waals surface area contributed by atoms with Gasteiger partial charge in [-0.3, -0.25) is 0 Å².